The average molecular weight is 547 g/mol. The Morgan fingerprint density at radius 1 is 0.975 bits per heavy atom. The lowest BCUT2D eigenvalue weighted by atomic mass is 9.51. The lowest BCUT2D eigenvalue weighted by Crippen LogP contribution is -2.72. The number of fused-ring (bicyclic) bond motifs is 1. The summed E-state index contributed by atoms with van der Waals surface area (Å²) in [6, 6.07) is 0. The summed E-state index contributed by atoms with van der Waals surface area (Å²) in [5.41, 5.74) is -0.386. The van der Waals surface area contributed by atoms with Gasteiger partial charge in [-0.05, 0) is 73.3 Å². The summed E-state index contributed by atoms with van der Waals surface area (Å²) in [7, 11) is 0. The molecule has 212 valence electrons. The smallest absolute Gasteiger partial charge is 0.200 e. The first-order valence-corrected chi connectivity index (χ1v) is 13.9. The molecular weight excluding hydrogens is 508 g/mol. The van der Waals surface area contributed by atoms with Gasteiger partial charge in [0.15, 0.2) is 22.8 Å². The van der Waals surface area contributed by atoms with Crippen molar-refractivity contribution in [3.05, 3.63) is 63.3 Å². The molecule has 6 rings (SSSR count). The molecule has 40 heavy (non-hydrogen) atoms. The van der Waals surface area contributed by atoms with Gasteiger partial charge in [0.05, 0.1) is 5.60 Å². The molecule has 1 aromatic carbocycles. The van der Waals surface area contributed by atoms with E-state index in [1.165, 1.54) is 0 Å². The van der Waals surface area contributed by atoms with Crippen molar-refractivity contribution in [3.63, 3.8) is 0 Å². The SMILES string of the molecule is CC(C)=CCc1c(O)c(CC=C(C)C)c2c(c1O)C(=O)C1=C[C@H]3C[C@H]4C(C)(C)O[C@](C/C=C(\C)C=O)(C3=O)[C@]14O2. The quantitative estimate of drug-likeness (QED) is 0.258. The third kappa shape index (κ3) is 3.70. The van der Waals surface area contributed by atoms with Crippen LogP contribution in [-0.2, 0) is 27.2 Å². The molecular formula is C33H38O7. The molecule has 2 N–H and O–H groups in total. The first kappa shape index (κ1) is 28.1. The zero-order valence-electron chi connectivity index (χ0n) is 24.3. The van der Waals surface area contributed by atoms with Crippen LogP contribution < -0.4 is 4.74 Å². The van der Waals surface area contributed by atoms with E-state index in [-0.39, 0.29) is 59.3 Å². The fourth-order valence-corrected chi connectivity index (χ4v) is 7.11. The maximum absolute atomic E-state index is 14.5. The molecule has 4 bridgehead atoms. The van der Waals surface area contributed by atoms with Gasteiger partial charge in [0.1, 0.15) is 29.1 Å². The number of ketones is 2. The zero-order chi connectivity index (χ0) is 29.4. The van der Waals surface area contributed by atoms with Gasteiger partial charge in [-0.2, -0.15) is 0 Å². The molecule has 1 aromatic rings. The highest BCUT2D eigenvalue weighted by Gasteiger charge is 2.81. The van der Waals surface area contributed by atoms with Crippen LogP contribution in [0.3, 0.4) is 0 Å². The third-order valence-corrected chi connectivity index (χ3v) is 9.02. The summed E-state index contributed by atoms with van der Waals surface area (Å²) in [6.45, 7) is 13.2. The number of phenols is 2. The van der Waals surface area contributed by atoms with E-state index < -0.39 is 28.5 Å². The van der Waals surface area contributed by atoms with Crippen molar-refractivity contribution >= 4 is 17.9 Å². The lowest BCUT2D eigenvalue weighted by Gasteiger charge is -2.56. The van der Waals surface area contributed by atoms with Crippen LogP contribution in [0.2, 0.25) is 0 Å². The molecule has 7 heteroatoms. The summed E-state index contributed by atoms with van der Waals surface area (Å²) in [5, 5.41) is 23.0. The molecule has 0 aromatic heterocycles. The van der Waals surface area contributed by atoms with Crippen LogP contribution in [0.1, 0.15) is 82.8 Å². The number of hydrogen-bond donors (Lipinski definition) is 2. The van der Waals surface area contributed by atoms with Gasteiger partial charge in [-0.15, -0.1) is 0 Å². The molecule has 3 aliphatic carbocycles. The number of allylic oxidation sites excluding steroid dienone is 6. The van der Waals surface area contributed by atoms with Gasteiger partial charge in [-0.3, -0.25) is 14.4 Å². The highest BCUT2D eigenvalue weighted by atomic mass is 16.6. The fourth-order valence-electron chi connectivity index (χ4n) is 7.11. The molecule has 1 saturated carbocycles. The molecule has 1 saturated heterocycles. The predicted octanol–water partition coefficient (Wildman–Crippen LogP) is 5.66. The van der Waals surface area contributed by atoms with E-state index in [4.69, 9.17) is 9.47 Å². The number of phenolic OH excluding ortho intramolecular Hbond substituents is 2. The van der Waals surface area contributed by atoms with E-state index in [9.17, 15) is 24.6 Å². The normalized spacial score (nSPS) is 29.3. The number of carbonyl (C=O) groups excluding carboxylic acids is 3. The minimum atomic E-state index is -1.54. The standard InChI is InChI=1S/C33H38O7/c1-17(2)8-10-21-26(35)22(11-9-18(3)4)29-25(27(21)36)28(37)23-14-20-15-24-31(6,7)40-32(30(20)38,33(23,24)39-29)13-12-19(5)16-34/h8-9,12,14,16,20,24,35-36H,10-11,13,15H2,1-7H3/b19-12+/t20-,24-,32+,33-/m0/s1. The van der Waals surface area contributed by atoms with E-state index in [1.54, 1.807) is 19.1 Å². The van der Waals surface area contributed by atoms with Crippen molar-refractivity contribution in [2.75, 3.05) is 0 Å². The molecule has 2 heterocycles. The van der Waals surface area contributed by atoms with Crippen LogP contribution in [0.4, 0.5) is 0 Å². The van der Waals surface area contributed by atoms with Gasteiger partial charge in [-0.25, -0.2) is 0 Å². The van der Waals surface area contributed by atoms with E-state index in [1.807, 2.05) is 53.7 Å². The second kappa shape index (κ2) is 9.30. The maximum Gasteiger partial charge on any atom is 0.200 e. The Labute approximate surface area is 235 Å². The number of ether oxygens (including phenoxy) is 2. The number of carbonyl (C=O) groups is 3. The molecule has 2 aliphatic heterocycles. The molecule has 2 fully saturated rings. The van der Waals surface area contributed by atoms with E-state index >= 15 is 0 Å². The van der Waals surface area contributed by atoms with Crippen LogP contribution in [0, 0.1) is 11.8 Å². The van der Waals surface area contributed by atoms with Gasteiger partial charge >= 0.3 is 0 Å². The Bertz CT molecular complexity index is 1460. The third-order valence-electron chi connectivity index (χ3n) is 9.02. The average Bonchev–Trinajstić information content (AvgIpc) is 3.03. The van der Waals surface area contributed by atoms with Gasteiger partial charge in [0.25, 0.3) is 0 Å². The van der Waals surface area contributed by atoms with Crippen LogP contribution in [0.15, 0.2) is 46.6 Å². The van der Waals surface area contributed by atoms with Crippen molar-refractivity contribution in [1.29, 1.82) is 0 Å². The van der Waals surface area contributed by atoms with Crippen LogP contribution in [0.5, 0.6) is 17.2 Å². The lowest BCUT2D eigenvalue weighted by molar-refractivity contribution is -0.171. The monoisotopic (exact) mass is 546 g/mol. The van der Waals surface area contributed by atoms with Crippen LogP contribution >= 0.6 is 0 Å². The fraction of sp³-hybridized carbons (Fsp3) is 0.485. The molecule has 0 radical (unpaired) electrons. The Balaban J connectivity index is 1.82. The van der Waals surface area contributed by atoms with Crippen LogP contribution in [0.25, 0.3) is 0 Å². The van der Waals surface area contributed by atoms with Crippen molar-refractivity contribution < 1.29 is 34.1 Å². The van der Waals surface area contributed by atoms with Crippen molar-refractivity contribution in [3.8, 4) is 17.2 Å². The number of benzene rings is 1. The van der Waals surface area contributed by atoms with E-state index in [0.29, 0.717) is 23.1 Å². The topological polar surface area (TPSA) is 110 Å². The van der Waals surface area contributed by atoms with E-state index in [0.717, 1.165) is 17.4 Å². The number of rotatable bonds is 7. The Hall–Kier alpha value is -3.45. The second-order valence-electron chi connectivity index (χ2n) is 12.6. The Morgan fingerprint density at radius 2 is 1.60 bits per heavy atom. The molecule has 4 atom stereocenters. The molecule has 0 amide bonds. The highest BCUT2D eigenvalue weighted by Crippen LogP contribution is 2.68. The largest absolute Gasteiger partial charge is 0.507 e. The van der Waals surface area contributed by atoms with Crippen LogP contribution in [-0.4, -0.2) is 44.9 Å². The van der Waals surface area contributed by atoms with Gasteiger partial charge in [0.2, 0.25) is 0 Å². The molecule has 5 aliphatic rings. The highest BCUT2D eigenvalue weighted by molar-refractivity contribution is 6.18. The van der Waals surface area contributed by atoms with Gasteiger partial charge in [0, 0.05) is 35.0 Å². The number of hydrogen-bond acceptors (Lipinski definition) is 7. The number of aldehydes is 1. The van der Waals surface area contributed by atoms with Gasteiger partial charge in [-0.1, -0.05) is 35.5 Å². The summed E-state index contributed by atoms with van der Waals surface area (Å²) < 4.78 is 13.6. The van der Waals surface area contributed by atoms with Crippen molar-refractivity contribution in [1.82, 2.24) is 0 Å². The van der Waals surface area contributed by atoms with E-state index in [2.05, 4.69) is 0 Å². The minimum Gasteiger partial charge on any atom is -0.507 e. The Kier molecular flexibility index (Phi) is 6.53. The summed E-state index contributed by atoms with van der Waals surface area (Å²) in [4.78, 5) is 40.0. The predicted molar refractivity (Wildman–Crippen MR) is 151 cm³/mol. The summed E-state index contributed by atoms with van der Waals surface area (Å²) in [6.07, 6.45) is 8.92. The zero-order valence-corrected chi connectivity index (χ0v) is 24.3. The molecule has 1 spiro atoms. The number of aromatic hydroxyl groups is 2. The van der Waals surface area contributed by atoms with Crippen molar-refractivity contribution in [2.45, 2.75) is 91.0 Å². The number of Topliss-reactive ketones (excluding diaryl/α,β-unsaturated/α-hetero) is 2. The first-order valence-electron chi connectivity index (χ1n) is 13.9. The van der Waals surface area contributed by atoms with Gasteiger partial charge < -0.3 is 19.7 Å². The van der Waals surface area contributed by atoms with Crippen molar-refractivity contribution in [2.24, 2.45) is 11.8 Å². The summed E-state index contributed by atoms with van der Waals surface area (Å²) >= 11 is 0. The minimum absolute atomic E-state index is 0.0101. The summed E-state index contributed by atoms with van der Waals surface area (Å²) in [5.74, 6) is -1.83. The first-order chi connectivity index (χ1) is 18.7. The Morgan fingerprint density at radius 3 is 2.20 bits per heavy atom. The molecule has 0 unspecified atom stereocenters. The maximum atomic E-state index is 14.5. The second-order valence-corrected chi connectivity index (χ2v) is 12.6. The molecule has 7 nitrogen and oxygen atoms in total.